The average molecular weight is 336 g/mol. The number of nitrogens with zero attached hydrogens (tertiary/aromatic N) is 1. The Kier molecular flexibility index (Phi) is 5.91. The zero-order valence-electron chi connectivity index (χ0n) is 13.5. The smallest absolute Gasteiger partial charge is 0.341 e. The van der Waals surface area contributed by atoms with Crippen LogP contribution in [-0.2, 0) is 9.59 Å². The average Bonchev–Trinajstić information content (AvgIpc) is 2.58. The van der Waals surface area contributed by atoms with Crippen LogP contribution in [0.25, 0.3) is 6.08 Å². The molecule has 126 valence electrons. The van der Waals surface area contributed by atoms with Crippen molar-refractivity contribution in [3.05, 3.63) is 65.2 Å². The van der Waals surface area contributed by atoms with Crippen molar-refractivity contribution in [2.45, 2.75) is 6.92 Å². The number of aryl methyl sites for hydroxylation is 1. The first kappa shape index (κ1) is 17.8. The predicted molar refractivity (Wildman–Crippen MR) is 93.0 cm³/mol. The second kappa shape index (κ2) is 8.31. The number of nitrogens with one attached hydrogen (secondary N) is 1. The number of ether oxygens (including phenoxy) is 1. The molecule has 0 bridgehead atoms. The van der Waals surface area contributed by atoms with Gasteiger partial charge in [-0.1, -0.05) is 30.3 Å². The molecule has 0 aliphatic heterocycles. The van der Waals surface area contributed by atoms with Gasteiger partial charge in [-0.3, -0.25) is 4.79 Å². The Hall–Kier alpha value is -3.59. The molecule has 1 amide bonds. The molecule has 6 nitrogen and oxygen atoms in total. The summed E-state index contributed by atoms with van der Waals surface area (Å²) < 4.78 is 5.17. The first-order valence-corrected chi connectivity index (χ1v) is 7.43. The van der Waals surface area contributed by atoms with Crippen molar-refractivity contribution in [3.63, 3.8) is 0 Å². The van der Waals surface area contributed by atoms with Crippen molar-refractivity contribution in [3.8, 4) is 11.8 Å². The van der Waals surface area contributed by atoms with Gasteiger partial charge in [0, 0.05) is 11.3 Å². The number of hydrogen-bond acceptors (Lipinski definition) is 4. The molecule has 0 aliphatic carbocycles. The second-order valence-corrected chi connectivity index (χ2v) is 5.21. The van der Waals surface area contributed by atoms with Gasteiger partial charge in [-0.05, 0) is 36.8 Å². The molecule has 25 heavy (non-hydrogen) atoms. The fraction of sp³-hybridized carbons (Fsp3) is 0.105. The van der Waals surface area contributed by atoms with Gasteiger partial charge in [-0.25, -0.2) is 4.79 Å². The van der Waals surface area contributed by atoms with Crippen molar-refractivity contribution < 1.29 is 19.4 Å². The number of para-hydroxylation sites is 1. The minimum atomic E-state index is -1.11. The van der Waals surface area contributed by atoms with Crippen LogP contribution in [0.3, 0.4) is 0 Å². The Morgan fingerprint density at radius 2 is 2.00 bits per heavy atom. The third-order valence-corrected chi connectivity index (χ3v) is 3.21. The SMILES string of the molecule is Cc1cccc(NC(=O)C(C#N)=Cc2ccccc2OCC(=O)O)c1. The lowest BCUT2D eigenvalue weighted by atomic mass is 10.1. The Morgan fingerprint density at radius 3 is 2.68 bits per heavy atom. The molecule has 0 fully saturated rings. The highest BCUT2D eigenvalue weighted by Crippen LogP contribution is 2.21. The number of rotatable bonds is 6. The molecule has 2 rings (SSSR count). The molecular weight excluding hydrogens is 320 g/mol. The van der Waals surface area contributed by atoms with E-state index in [0.29, 0.717) is 11.3 Å². The van der Waals surface area contributed by atoms with E-state index in [9.17, 15) is 14.9 Å². The van der Waals surface area contributed by atoms with E-state index >= 15 is 0 Å². The van der Waals surface area contributed by atoms with E-state index in [-0.39, 0.29) is 11.3 Å². The minimum absolute atomic E-state index is 0.118. The summed E-state index contributed by atoms with van der Waals surface area (Å²) in [6, 6.07) is 15.6. The number of carbonyl (C=O) groups excluding carboxylic acids is 1. The number of anilines is 1. The Bertz CT molecular complexity index is 866. The topological polar surface area (TPSA) is 99.4 Å². The van der Waals surface area contributed by atoms with E-state index < -0.39 is 18.5 Å². The predicted octanol–water partition coefficient (Wildman–Crippen LogP) is 3.00. The molecule has 0 atom stereocenters. The summed E-state index contributed by atoms with van der Waals surface area (Å²) in [6.07, 6.45) is 1.36. The van der Waals surface area contributed by atoms with Crippen molar-refractivity contribution in [1.29, 1.82) is 5.26 Å². The van der Waals surface area contributed by atoms with Crippen molar-refractivity contribution in [2.24, 2.45) is 0 Å². The molecule has 0 heterocycles. The number of carboxylic acid groups (broad SMARTS) is 1. The van der Waals surface area contributed by atoms with Gasteiger partial charge >= 0.3 is 5.97 Å². The number of amides is 1. The summed E-state index contributed by atoms with van der Waals surface area (Å²) in [6.45, 7) is 1.38. The lowest BCUT2D eigenvalue weighted by molar-refractivity contribution is -0.139. The normalized spacial score (nSPS) is 10.6. The number of carboxylic acids is 1. The minimum Gasteiger partial charge on any atom is -0.481 e. The van der Waals surface area contributed by atoms with Crippen LogP contribution in [0.4, 0.5) is 5.69 Å². The lowest BCUT2D eigenvalue weighted by Gasteiger charge is -2.08. The number of aliphatic carboxylic acids is 1. The highest BCUT2D eigenvalue weighted by atomic mass is 16.5. The second-order valence-electron chi connectivity index (χ2n) is 5.21. The van der Waals surface area contributed by atoms with Gasteiger partial charge in [0.2, 0.25) is 0 Å². The molecule has 2 N–H and O–H groups in total. The highest BCUT2D eigenvalue weighted by Gasteiger charge is 2.12. The van der Waals surface area contributed by atoms with E-state index in [1.165, 1.54) is 6.08 Å². The molecule has 2 aromatic rings. The molecule has 0 saturated carbocycles. The molecule has 0 saturated heterocycles. The van der Waals surface area contributed by atoms with E-state index in [1.807, 2.05) is 19.1 Å². The van der Waals surface area contributed by atoms with Crippen molar-refractivity contribution >= 4 is 23.6 Å². The molecule has 0 radical (unpaired) electrons. The fourth-order valence-corrected chi connectivity index (χ4v) is 2.10. The van der Waals surface area contributed by atoms with Crippen molar-refractivity contribution in [1.82, 2.24) is 0 Å². The van der Waals surface area contributed by atoms with Crippen LogP contribution in [-0.4, -0.2) is 23.6 Å². The van der Waals surface area contributed by atoms with E-state index in [4.69, 9.17) is 9.84 Å². The van der Waals surface area contributed by atoms with Gasteiger partial charge < -0.3 is 15.2 Å². The van der Waals surface area contributed by atoms with Gasteiger partial charge in [0.1, 0.15) is 17.4 Å². The maximum atomic E-state index is 12.3. The zero-order valence-corrected chi connectivity index (χ0v) is 13.5. The van der Waals surface area contributed by atoms with Crippen LogP contribution in [0.15, 0.2) is 54.1 Å². The van der Waals surface area contributed by atoms with Gasteiger partial charge in [-0.15, -0.1) is 0 Å². The summed E-state index contributed by atoms with van der Waals surface area (Å²) in [7, 11) is 0. The number of carbonyl (C=O) groups is 2. The van der Waals surface area contributed by atoms with Gasteiger partial charge in [0.25, 0.3) is 5.91 Å². The van der Waals surface area contributed by atoms with Gasteiger partial charge in [0.15, 0.2) is 6.61 Å². The van der Waals surface area contributed by atoms with Crippen LogP contribution in [0.1, 0.15) is 11.1 Å². The Balaban J connectivity index is 2.23. The summed E-state index contributed by atoms with van der Waals surface area (Å²) >= 11 is 0. The van der Waals surface area contributed by atoms with Crippen LogP contribution in [0, 0.1) is 18.3 Å². The number of benzene rings is 2. The van der Waals surface area contributed by atoms with Gasteiger partial charge in [-0.2, -0.15) is 5.26 Å². The standard InChI is InChI=1S/C19H16N2O4/c1-13-5-4-7-16(9-13)21-19(24)15(11-20)10-14-6-2-3-8-17(14)25-12-18(22)23/h2-10H,12H2,1H3,(H,21,24)(H,22,23). The summed E-state index contributed by atoms with van der Waals surface area (Å²) in [5, 5.41) is 20.7. The fourth-order valence-electron chi connectivity index (χ4n) is 2.10. The number of nitriles is 1. The van der Waals surface area contributed by atoms with E-state index in [2.05, 4.69) is 5.32 Å². The third kappa shape index (κ3) is 5.22. The van der Waals surface area contributed by atoms with Crippen LogP contribution < -0.4 is 10.1 Å². The maximum Gasteiger partial charge on any atom is 0.341 e. The lowest BCUT2D eigenvalue weighted by Crippen LogP contribution is -2.14. The monoisotopic (exact) mass is 336 g/mol. The van der Waals surface area contributed by atoms with E-state index in [0.717, 1.165) is 5.56 Å². The molecule has 0 unspecified atom stereocenters. The number of hydrogen-bond donors (Lipinski definition) is 2. The largest absolute Gasteiger partial charge is 0.481 e. The van der Waals surface area contributed by atoms with Crippen LogP contribution in [0.5, 0.6) is 5.75 Å². The third-order valence-electron chi connectivity index (χ3n) is 3.21. The molecular formula is C19H16N2O4. The first-order chi connectivity index (χ1) is 12.0. The molecule has 0 spiro atoms. The summed E-state index contributed by atoms with van der Waals surface area (Å²) in [5.41, 5.74) is 1.89. The van der Waals surface area contributed by atoms with E-state index in [1.54, 1.807) is 42.5 Å². The molecule has 0 aliphatic rings. The highest BCUT2D eigenvalue weighted by molar-refractivity contribution is 6.09. The Labute approximate surface area is 145 Å². The van der Waals surface area contributed by atoms with Gasteiger partial charge in [0.05, 0.1) is 0 Å². The molecule has 6 heteroatoms. The van der Waals surface area contributed by atoms with Crippen molar-refractivity contribution in [2.75, 3.05) is 11.9 Å². The zero-order chi connectivity index (χ0) is 18.2. The summed E-state index contributed by atoms with van der Waals surface area (Å²) in [4.78, 5) is 22.9. The Morgan fingerprint density at radius 1 is 1.24 bits per heavy atom. The summed E-state index contributed by atoms with van der Waals surface area (Å²) in [5.74, 6) is -1.39. The maximum absolute atomic E-state index is 12.3. The molecule has 0 aromatic heterocycles. The quantitative estimate of drug-likeness (QED) is 0.624. The van der Waals surface area contributed by atoms with Crippen LogP contribution in [0.2, 0.25) is 0 Å². The molecule has 2 aromatic carbocycles. The van der Waals surface area contributed by atoms with Crippen LogP contribution >= 0.6 is 0 Å². The first-order valence-electron chi connectivity index (χ1n) is 7.43.